The van der Waals surface area contributed by atoms with Crippen molar-refractivity contribution in [2.45, 2.75) is 13.3 Å². The largest absolute Gasteiger partial charge is 0.465 e. The number of aryl methyl sites for hydroxylation is 1. The predicted molar refractivity (Wildman–Crippen MR) is 114 cm³/mol. The number of rotatable bonds is 4. The summed E-state index contributed by atoms with van der Waals surface area (Å²) in [5.41, 5.74) is 4.25. The fourth-order valence-corrected chi connectivity index (χ4v) is 3.20. The number of fused-ring (bicyclic) bond motifs is 1. The lowest BCUT2D eigenvalue weighted by Crippen LogP contribution is -2.04. The van der Waals surface area contributed by atoms with Crippen molar-refractivity contribution < 1.29 is 13.9 Å². The van der Waals surface area contributed by atoms with Crippen LogP contribution in [-0.4, -0.2) is 13.1 Å². The van der Waals surface area contributed by atoms with Crippen LogP contribution in [0.1, 0.15) is 22.8 Å². The molecule has 0 saturated heterocycles. The molecule has 0 bridgehead atoms. The predicted octanol–water partition coefficient (Wildman–Crippen LogP) is 5.68. The second kappa shape index (κ2) is 8.15. The van der Waals surface area contributed by atoms with E-state index in [1.165, 1.54) is 12.7 Å². The van der Waals surface area contributed by atoms with Gasteiger partial charge in [-0.15, -0.1) is 0 Å². The smallest absolute Gasteiger partial charge is 0.337 e. The molecule has 0 saturated carbocycles. The van der Waals surface area contributed by atoms with Crippen molar-refractivity contribution in [3.05, 3.63) is 95.3 Å². The number of carbonyl (C=O) groups is 1. The highest BCUT2D eigenvalue weighted by Gasteiger charge is 2.08. The second-order valence-corrected chi connectivity index (χ2v) is 6.70. The van der Waals surface area contributed by atoms with E-state index in [1.807, 2.05) is 54.6 Å². The van der Waals surface area contributed by atoms with Gasteiger partial charge in [-0.3, -0.25) is 0 Å². The van der Waals surface area contributed by atoms with Crippen LogP contribution in [0.25, 0.3) is 22.3 Å². The van der Waals surface area contributed by atoms with Gasteiger partial charge in [0.2, 0.25) is 0 Å². The maximum Gasteiger partial charge on any atom is 0.337 e. The molecule has 0 unspecified atom stereocenters. The molecule has 0 amide bonds. The van der Waals surface area contributed by atoms with Crippen LogP contribution < -0.4 is 5.36 Å². The van der Waals surface area contributed by atoms with E-state index in [9.17, 15) is 4.79 Å². The van der Waals surface area contributed by atoms with Crippen molar-refractivity contribution in [3.63, 3.8) is 0 Å². The first-order valence-electron chi connectivity index (χ1n) is 9.53. The molecule has 0 aliphatic rings. The van der Waals surface area contributed by atoms with E-state index in [0.717, 1.165) is 39.8 Å². The van der Waals surface area contributed by atoms with Gasteiger partial charge in [-0.1, -0.05) is 43.3 Å². The number of benzene rings is 3. The third-order valence-corrected chi connectivity index (χ3v) is 4.81. The van der Waals surface area contributed by atoms with E-state index in [-0.39, 0.29) is 5.97 Å². The Labute approximate surface area is 169 Å². The van der Waals surface area contributed by atoms with Crippen LogP contribution in [-0.2, 0) is 11.2 Å². The molecule has 0 radical (unpaired) electrons. The summed E-state index contributed by atoms with van der Waals surface area (Å²) in [6, 6.07) is 25.2. The van der Waals surface area contributed by atoms with Crippen molar-refractivity contribution in [3.8, 4) is 11.3 Å². The van der Waals surface area contributed by atoms with Crippen molar-refractivity contribution in [2.75, 3.05) is 7.11 Å². The second-order valence-electron chi connectivity index (χ2n) is 6.70. The number of hydrogen-bond acceptors (Lipinski definition) is 4. The topological polar surface area (TPSA) is 51.8 Å². The molecule has 0 atom stereocenters. The minimum atomic E-state index is -0.362. The normalized spacial score (nSPS) is 11.6. The lowest BCUT2D eigenvalue weighted by atomic mass is 10.1. The standard InChI is InChI=1S/C25H21NO3/c1-3-17-9-14-23-21(15-17)22(16-24(29-23)18-7-5-4-6-8-18)26-20-12-10-19(11-13-20)25(27)28-2/h4-16H,3H2,1-2H3. The zero-order valence-corrected chi connectivity index (χ0v) is 16.4. The molecule has 0 aliphatic heterocycles. The van der Waals surface area contributed by atoms with E-state index < -0.39 is 0 Å². The molecule has 4 aromatic rings. The molecule has 4 heteroatoms. The lowest BCUT2D eigenvalue weighted by molar-refractivity contribution is 0.0601. The zero-order chi connectivity index (χ0) is 20.2. The van der Waals surface area contributed by atoms with Crippen molar-refractivity contribution in [2.24, 2.45) is 4.99 Å². The number of ether oxygens (including phenoxy) is 1. The molecule has 0 aliphatic carbocycles. The van der Waals surface area contributed by atoms with Crippen LogP contribution in [0, 0.1) is 0 Å². The minimum absolute atomic E-state index is 0.362. The summed E-state index contributed by atoms with van der Waals surface area (Å²) in [7, 11) is 1.37. The summed E-state index contributed by atoms with van der Waals surface area (Å²) >= 11 is 0. The Morgan fingerprint density at radius 3 is 2.41 bits per heavy atom. The lowest BCUT2D eigenvalue weighted by Gasteiger charge is -2.07. The van der Waals surface area contributed by atoms with Crippen LogP contribution in [0.2, 0.25) is 0 Å². The average Bonchev–Trinajstić information content (AvgIpc) is 2.79. The Morgan fingerprint density at radius 1 is 0.966 bits per heavy atom. The summed E-state index contributed by atoms with van der Waals surface area (Å²) in [5.74, 6) is 0.395. The molecular weight excluding hydrogens is 362 g/mol. The van der Waals surface area contributed by atoms with E-state index in [1.54, 1.807) is 12.1 Å². The summed E-state index contributed by atoms with van der Waals surface area (Å²) < 4.78 is 10.9. The summed E-state index contributed by atoms with van der Waals surface area (Å²) in [6.45, 7) is 2.12. The van der Waals surface area contributed by atoms with Crippen LogP contribution in [0.15, 0.2) is 88.3 Å². The average molecular weight is 383 g/mol. The van der Waals surface area contributed by atoms with Crippen LogP contribution in [0.5, 0.6) is 0 Å². The van der Waals surface area contributed by atoms with Crippen LogP contribution >= 0.6 is 0 Å². The van der Waals surface area contributed by atoms with Crippen LogP contribution in [0.3, 0.4) is 0 Å². The third kappa shape index (κ3) is 3.97. The quantitative estimate of drug-likeness (QED) is 0.426. The molecular formula is C25H21NO3. The molecule has 1 aromatic heterocycles. The van der Waals surface area contributed by atoms with E-state index in [4.69, 9.17) is 14.1 Å². The van der Waals surface area contributed by atoms with E-state index >= 15 is 0 Å². The number of methoxy groups -OCH3 is 1. The number of carbonyl (C=O) groups excluding carboxylic acids is 1. The molecule has 4 nitrogen and oxygen atoms in total. The van der Waals surface area contributed by atoms with E-state index in [0.29, 0.717) is 5.56 Å². The Bertz CT molecular complexity index is 1220. The van der Waals surface area contributed by atoms with Gasteiger partial charge in [0.25, 0.3) is 0 Å². The maximum atomic E-state index is 11.7. The fourth-order valence-electron chi connectivity index (χ4n) is 3.20. The molecule has 3 aromatic carbocycles. The van der Waals surface area contributed by atoms with Gasteiger partial charge in [0.1, 0.15) is 11.3 Å². The first kappa shape index (κ1) is 18.7. The minimum Gasteiger partial charge on any atom is -0.465 e. The van der Waals surface area contributed by atoms with Crippen molar-refractivity contribution in [1.82, 2.24) is 0 Å². The molecule has 29 heavy (non-hydrogen) atoms. The van der Waals surface area contributed by atoms with Gasteiger partial charge in [0.15, 0.2) is 0 Å². The van der Waals surface area contributed by atoms with E-state index in [2.05, 4.69) is 19.1 Å². The fraction of sp³-hybridized carbons (Fsp3) is 0.120. The number of nitrogens with zero attached hydrogens (tertiary/aromatic N) is 1. The zero-order valence-electron chi connectivity index (χ0n) is 16.4. The molecule has 0 spiro atoms. The Balaban J connectivity index is 1.90. The Morgan fingerprint density at radius 2 is 1.72 bits per heavy atom. The van der Waals surface area contributed by atoms with Gasteiger partial charge < -0.3 is 9.15 Å². The first-order valence-corrected chi connectivity index (χ1v) is 9.53. The summed E-state index contributed by atoms with van der Waals surface area (Å²) in [6.07, 6.45) is 0.934. The summed E-state index contributed by atoms with van der Waals surface area (Å²) in [5, 5.41) is 1.78. The molecule has 0 fully saturated rings. The third-order valence-electron chi connectivity index (χ3n) is 4.81. The highest BCUT2D eigenvalue weighted by atomic mass is 16.5. The molecule has 4 rings (SSSR count). The maximum absolute atomic E-state index is 11.7. The molecule has 0 N–H and O–H groups in total. The molecule has 144 valence electrons. The van der Waals surface area contributed by atoms with Gasteiger partial charge in [-0.25, -0.2) is 9.79 Å². The number of esters is 1. The monoisotopic (exact) mass is 383 g/mol. The van der Waals surface area contributed by atoms with Gasteiger partial charge in [0.05, 0.1) is 23.7 Å². The highest BCUT2D eigenvalue weighted by Crippen LogP contribution is 2.23. The van der Waals surface area contributed by atoms with Gasteiger partial charge >= 0.3 is 5.97 Å². The van der Waals surface area contributed by atoms with Crippen molar-refractivity contribution in [1.29, 1.82) is 0 Å². The summed E-state index contributed by atoms with van der Waals surface area (Å²) in [4.78, 5) is 16.5. The Hall–Kier alpha value is -3.66. The SMILES string of the molecule is CCc1ccc2oc(-c3ccccc3)cc(=Nc3ccc(C(=O)OC)cc3)c2c1. The first-order chi connectivity index (χ1) is 14.2. The molecule has 1 heterocycles. The van der Waals surface area contributed by atoms with Gasteiger partial charge in [-0.05, 0) is 48.4 Å². The van der Waals surface area contributed by atoms with Crippen LogP contribution in [0.4, 0.5) is 5.69 Å². The number of hydrogen-bond donors (Lipinski definition) is 0. The van der Waals surface area contributed by atoms with Gasteiger partial charge in [-0.2, -0.15) is 0 Å². The van der Waals surface area contributed by atoms with Crippen molar-refractivity contribution >= 4 is 22.6 Å². The van der Waals surface area contributed by atoms with Gasteiger partial charge in [0, 0.05) is 17.0 Å². The highest BCUT2D eigenvalue weighted by molar-refractivity contribution is 5.89. The Kier molecular flexibility index (Phi) is 5.25.